The largest absolute Gasteiger partial charge is 0.389 e. The molecule has 0 radical (unpaired) electrons. The fourth-order valence-corrected chi connectivity index (χ4v) is 4.62. The van der Waals surface area contributed by atoms with Crippen LogP contribution in [0.5, 0.6) is 0 Å². The fourth-order valence-electron chi connectivity index (χ4n) is 2.12. The van der Waals surface area contributed by atoms with Gasteiger partial charge in [-0.3, -0.25) is 0 Å². The van der Waals surface area contributed by atoms with Crippen molar-refractivity contribution in [2.45, 2.75) is 17.7 Å². The molecule has 8 heteroatoms. The van der Waals surface area contributed by atoms with E-state index in [1.165, 1.54) is 12.1 Å². The molecule has 1 fully saturated rings. The molecule has 0 atom stereocenters. The van der Waals surface area contributed by atoms with Crippen LogP contribution in [-0.2, 0) is 10.0 Å². The van der Waals surface area contributed by atoms with Crippen LogP contribution in [-0.4, -0.2) is 31.5 Å². The van der Waals surface area contributed by atoms with Crippen molar-refractivity contribution < 1.29 is 12.8 Å². The van der Waals surface area contributed by atoms with E-state index in [2.05, 4.69) is 4.72 Å². The van der Waals surface area contributed by atoms with Crippen molar-refractivity contribution in [3.05, 3.63) is 29.6 Å². The predicted octanol–water partition coefficient (Wildman–Crippen LogP) is 1.88. The molecule has 4 nitrogen and oxygen atoms in total. The second-order valence-electron chi connectivity index (χ2n) is 4.91. The number of hydrogen-bond donors (Lipinski definition) is 2. The minimum atomic E-state index is -3.67. The Kier molecular flexibility index (Phi) is 5.59. The first kappa shape index (κ1) is 16.7. The van der Waals surface area contributed by atoms with Gasteiger partial charge in [-0.25, -0.2) is 17.5 Å². The molecule has 0 aromatic heterocycles. The summed E-state index contributed by atoms with van der Waals surface area (Å²) in [6.45, 7) is 0.405. The molecule has 21 heavy (non-hydrogen) atoms. The van der Waals surface area contributed by atoms with E-state index in [1.54, 1.807) is 0 Å². The molecular formula is C13H17FN2O2S3. The minimum Gasteiger partial charge on any atom is -0.389 e. The number of benzene rings is 1. The number of thioether (sulfide) groups is 1. The molecule has 116 valence electrons. The Morgan fingerprint density at radius 3 is 2.71 bits per heavy atom. The first-order valence-corrected chi connectivity index (χ1v) is 9.61. The average molecular weight is 348 g/mol. The maximum atomic E-state index is 13.5. The summed E-state index contributed by atoms with van der Waals surface area (Å²) in [5.74, 6) is 1.87. The predicted molar refractivity (Wildman–Crippen MR) is 87.5 cm³/mol. The Labute approximate surface area is 133 Å². The Morgan fingerprint density at radius 2 is 2.10 bits per heavy atom. The van der Waals surface area contributed by atoms with Crippen molar-refractivity contribution in [3.63, 3.8) is 0 Å². The molecule has 0 spiro atoms. The molecule has 1 aliphatic rings. The van der Waals surface area contributed by atoms with Crippen LogP contribution in [0.15, 0.2) is 23.1 Å². The summed E-state index contributed by atoms with van der Waals surface area (Å²) in [5, 5.41) is 0. The van der Waals surface area contributed by atoms with Crippen molar-refractivity contribution in [3.8, 4) is 0 Å². The van der Waals surface area contributed by atoms with Crippen molar-refractivity contribution in [2.75, 3.05) is 18.1 Å². The third-order valence-corrected chi connectivity index (χ3v) is 6.11. The Hall–Kier alpha value is -0.700. The van der Waals surface area contributed by atoms with E-state index >= 15 is 0 Å². The number of halogens is 1. The number of rotatable bonds is 5. The molecule has 3 N–H and O–H groups in total. The normalized spacial score (nSPS) is 16.8. The van der Waals surface area contributed by atoms with Crippen LogP contribution in [0.4, 0.5) is 4.39 Å². The van der Waals surface area contributed by atoms with Gasteiger partial charge in [0.05, 0.1) is 4.90 Å². The molecule has 1 heterocycles. The van der Waals surface area contributed by atoms with Crippen LogP contribution in [0, 0.1) is 11.7 Å². The average Bonchev–Trinajstić information content (AvgIpc) is 2.46. The van der Waals surface area contributed by atoms with E-state index < -0.39 is 15.8 Å². The van der Waals surface area contributed by atoms with Gasteiger partial charge in [-0.05, 0) is 48.5 Å². The molecule has 2 rings (SSSR count). The minimum absolute atomic E-state index is 0.0168. The first-order chi connectivity index (χ1) is 9.90. The van der Waals surface area contributed by atoms with Gasteiger partial charge in [-0.1, -0.05) is 12.2 Å². The van der Waals surface area contributed by atoms with Crippen molar-refractivity contribution in [1.29, 1.82) is 0 Å². The van der Waals surface area contributed by atoms with E-state index in [1.807, 2.05) is 11.8 Å². The van der Waals surface area contributed by atoms with E-state index in [0.29, 0.717) is 12.5 Å². The van der Waals surface area contributed by atoms with E-state index in [9.17, 15) is 12.8 Å². The third kappa shape index (κ3) is 4.38. The van der Waals surface area contributed by atoms with Crippen LogP contribution in [0.25, 0.3) is 0 Å². The van der Waals surface area contributed by atoms with Gasteiger partial charge in [-0.15, -0.1) is 0 Å². The molecule has 1 aromatic rings. The second kappa shape index (κ2) is 7.04. The second-order valence-corrected chi connectivity index (χ2v) is 8.35. The summed E-state index contributed by atoms with van der Waals surface area (Å²) in [7, 11) is -3.67. The van der Waals surface area contributed by atoms with E-state index in [4.69, 9.17) is 18.0 Å². The van der Waals surface area contributed by atoms with Crippen LogP contribution >= 0.6 is 24.0 Å². The van der Waals surface area contributed by atoms with Crippen LogP contribution < -0.4 is 10.5 Å². The number of nitrogens with one attached hydrogen (secondary N) is 1. The molecule has 0 bridgehead atoms. The highest BCUT2D eigenvalue weighted by molar-refractivity contribution is 7.99. The highest BCUT2D eigenvalue weighted by atomic mass is 32.2. The lowest BCUT2D eigenvalue weighted by Gasteiger charge is -2.21. The zero-order valence-corrected chi connectivity index (χ0v) is 13.8. The lowest BCUT2D eigenvalue weighted by Crippen LogP contribution is -2.31. The third-order valence-electron chi connectivity index (χ3n) is 3.42. The smallest absolute Gasteiger partial charge is 0.240 e. The molecule has 1 aliphatic heterocycles. The zero-order valence-electron chi connectivity index (χ0n) is 11.3. The standard InChI is InChI=1S/C13H17FN2O2S3/c14-12-2-1-10(7-11(12)13(15)19)21(17,18)16-8-9-3-5-20-6-4-9/h1-2,7,9,16H,3-6,8H2,(H2,15,19). The Balaban J connectivity index is 2.11. The quantitative estimate of drug-likeness (QED) is 0.795. The summed E-state index contributed by atoms with van der Waals surface area (Å²) in [6, 6.07) is 3.47. The highest BCUT2D eigenvalue weighted by Gasteiger charge is 2.20. The number of sulfonamides is 1. The van der Waals surface area contributed by atoms with Gasteiger partial charge in [0.2, 0.25) is 10.0 Å². The zero-order chi connectivity index (χ0) is 15.5. The van der Waals surface area contributed by atoms with E-state index in [0.717, 1.165) is 30.4 Å². The molecule has 1 aromatic carbocycles. The van der Waals surface area contributed by atoms with E-state index in [-0.39, 0.29) is 15.4 Å². The monoisotopic (exact) mass is 348 g/mol. The van der Waals surface area contributed by atoms with Gasteiger partial charge in [-0.2, -0.15) is 11.8 Å². The van der Waals surface area contributed by atoms with Crippen molar-refractivity contribution >= 4 is 39.0 Å². The molecule has 0 unspecified atom stereocenters. The summed E-state index contributed by atoms with van der Waals surface area (Å²) in [5.41, 5.74) is 5.34. The number of hydrogen-bond acceptors (Lipinski definition) is 4. The van der Waals surface area contributed by atoms with Gasteiger partial charge in [0.1, 0.15) is 10.8 Å². The van der Waals surface area contributed by atoms with Crippen molar-refractivity contribution in [1.82, 2.24) is 4.72 Å². The van der Waals surface area contributed by atoms with Gasteiger partial charge in [0.25, 0.3) is 0 Å². The van der Waals surface area contributed by atoms with Crippen LogP contribution in [0.1, 0.15) is 18.4 Å². The topological polar surface area (TPSA) is 72.2 Å². The molecular weight excluding hydrogens is 331 g/mol. The summed E-state index contributed by atoms with van der Waals surface area (Å²) in [4.78, 5) is -0.175. The summed E-state index contributed by atoms with van der Waals surface area (Å²) >= 11 is 6.61. The fraction of sp³-hybridized carbons (Fsp3) is 0.462. The van der Waals surface area contributed by atoms with Crippen LogP contribution in [0.2, 0.25) is 0 Å². The highest BCUT2D eigenvalue weighted by Crippen LogP contribution is 2.22. The van der Waals surface area contributed by atoms with Gasteiger partial charge in [0.15, 0.2) is 0 Å². The SMILES string of the molecule is NC(=S)c1cc(S(=O)(=O)NCC2CCSCC2)ccc1F. The molecule has 0 amide bonds. The van der Waals surface area contributed by atoms with Crippen molar-refractivity contribution in [2.24, 2.45) is 11.7 Å². The Morgan fingerprint density at radius 1 is 1.43 bits per heavy atom. The number of thiocarbonyl (C=S) groups is 1. The van der Waals surface area contributed by atoms with Gasteiger partial charge in [0, 0.05) is 12.1 Å². The number of nitrogens with two attached hydrogens (primary N) is 1. The van der Waals surface area contributed by atoms with Gasteiger partial charge >= 0.3 is 0 Å². The summed E-state index contributed by atoms with van der Waals surface area (Å²) in [6.07, 6.45) is 2.02. The molecule has 1 saturated heterocycles. The maximum Gasteiger partial charge on any atom is 0.240 e. The lowest BCUT2D eigenvalue weighted by molar-refractivity contribution is 0.476. The first-order valence-electron chi connectivity index (χ1n) is 6.57. The Bertz CT molecular complexity index is 628. The lowest BCUT2D eigenvalue weighted by atomic mass is 10.0. The molecule has 0 aliphatic carbocycles. The maximum absolute atomic E-state index is 13.5. The van der Waals surface area contributed by atoms with Crippen LogP contribution in [0.3, 0.4) is 0 Å². The van der Waals surface area contributed by atoms with Gasteiger partial charge < -0.3 is 5.73 Å². The summed E-state index contributed by atoms with van der Waals surface area (Å²) < 4.78 is 40.6. The molecule has 0 saturated carbocycles.